The maximum absolute atomic E-state index is 13.8. The van der Waals surface area contributed by atoms with Gasteiger partial charge in [0.2, 0.25) is 0 Å². The first kappa shape index (κ1) is 12.8. The average Bonchev–Trinajstić information content (AvgIpc) is 2.81. The molecule has 98 valence electrons. The molecule has 0 spiro atoms. The van der Waals surface area contributed by atoms with Gasteiger partial charge in [-0.05, 0) is 18.6 Å². The Hall–Kier alpha value is -1.69. The summed E-state index contributed by atoms with van der Waals surface area (Å²) in [5.74, 6) is -2.96. The van der Waals surface area contributed by atoms with E-state index in [4.69, 9.17) is 9.84 Å². The molecular formula is C12H13F2NO3. The second kappa shape index (κ2) is 4.89. The molecule has 4 nitrogen and oxygen atoms in total. The molecule has 1 aliphatic heterocycles. The topological polar surface area (TPSA) is 58.6 Å². The highest BCUT2D eigenvalue weighted by molar-refractivity contribution is 5.71. The normalized spacial score (nSPS) is 23.1. The number of ether oxygens (including phenoxy) is 1. The van der Waals surface area contributed by atoms with Gasteiger partial charge in [-0.25, -0.2) is 8.78 Å². The summed E-state index contributed by atoms with van der Waals surface area (Å²) in [7, 11) is 1.25. The molecule has 2 N–H and O–H groups in total. The molecule has 2 rings (SSSR count). The van der Waals surface area contributed by atoms with Crippen molar-refractivity contribution in [3.05, 3.63) is 29.3 Å². The molecule has 1 saturated heterocycles. The van der Waals surface area contributed by atoms with Crippen LogP contribution in [0.1, 0.15) is 18.0 Å². The van der Waals surface area contributed by atoms with Crippen LogP contribution < -0.4 is 10.1 Å². The lowest BCUT2D eigenvalue weighted by molar-refractivity contribution is -0.141. The van der Waals surface area contributed by atoms with Crippen molar-refractivity contribution in [1.82, 2.24) is 5.32 Å². The van der Waals surface area contributed by atoms with E-state index in [1.54, 1.807) is 0 Å². The maximum Gasteiger partial charge on any atom is 0.307 e. The number of carboxylic acids is 1. The summed E-state index contributed by atoms with van der Waals surface area (Å²) in [6, 6.07) is 1.46. The van der Waals surface area contributed by atoms with E-state index in [1.165, 1.54) is 7.11 Å². The Morgan fingerprint density at radius 1 is 1.44 bits per heavy atom. The largest absolute Gasteiger partial charge is 0.493 e. The number of methoxy groups -OCH3 is 1. The van der Waals surface area contributed by atoms with Gasteiger partial charge in [-0.1, -0.05) is 0 Å². The molecule has 0 bridgehead atoms. The Morgan fingerprint density at radius 2 is 2.11 bits per heavy atom. The first-order valence-corrected chi connectivity index (χ1v) is 5.52. The minimum atomic E-state index is -0.944. The Labute approximate surface area is 103 Å². The number of carboxylic acid groups (broad SMARTS) is 1. The fourth-order valence-electron chi connectivity index (χ4n) is 2.22. The highest BCUT2D eigenvalue weighted by Crippen LogP contribution is 2.36. The van der Waals surface area contributed by atoms with Gasteiger partial charge in [0.05, 0.1) is 13.0 Å². The summed E-state index contributed by atoms with van der Waals surface area (Å²) in [6.07, 6.45) is 0.214. The predicted octanol–water partition coefficient (Wildman–Crippen LogP) is 1.71. The summed E-state index contributed by atoms with van der Waals surface area (Å²) in [5, 5.41) is 11.8. The lowest BCUT2D eigenvalue weighted by Gasteiger charge is -2.16. The molecule has 1 heterocycles. The molecule has 2 atom stereocenters. The smallest absolute Gasteiger partial charge is 0.307 e. The van der Waals surface area contributed by atoms with Crippen LogP contribution in [0.3, 0.4) is 0 Å². The van der Waals surface area contributed by atoms with E-state index < -0.39 is 29.6 Å². The second-order valence-corrected chi connectivity index (χ2v) is 4.21. The zero-order valence-corrected chi connectivity index (χ0v) is 9.74. The van der Waals surface area contributed by atoms with Gasteiger partial charge in [0.15, 0.2) is 11.6 Å². The molecule has 1 aromatic rings. The number of nitrogens with one attached hydrogen (secondary N) is 1. The number of aliphatic carboxylic acids is 1. The third-order valence-electron chi connectivity index (χ3n) is 3.13. The average molecular weight is 257 g/mol. The third-order valence-corrected chi connectivity index (χ3v) is 3.13. The van der Waals surface area contributed by atoms with Crippen molar-refractivity contribution in [2.45, 2.75) is 12.5 Å². The Kier molecular flexibility index (Phi) is 3.47. The molecular weight excluding hydrogens is 244 g/mol. The van der Waals surface area contributed by atoms with Crippen molar-refractivity contribution in [3.8, 4) is 5.75 Å². The number of hydrogen-bond acceptors (Lipinski definition) is 3. The monoisotopic (exact) mass is 257 g/mol. The van der Waals surface area contributed by atoms with Crippen molar-refractivity contribution in [2.24, 2.45) is 5.92 Å². The first-order valence-electron chi connectivity index (χ1n) is 5.52. The quantitative estimate of drug-likeness (QED) is 0.865. The molecule has 0 amide bonds. The van der Waals surface area contributed by atoms with Crippen LogP contribution in [0.25, 0.3) is 0 Å². The fourth-order valence-corrected chi connectivity index (χ4v) is 2.22. The number of benzene rings is 1. The van der Waals surface area contributed by atoms with Crippen molar-refractivity contribution in [3.63, 3.8) is 0 Å². The molecule has 18 heavy (non-hydrogen) atoms. The zero-order valence-electron chi connectivity index (χ0n) is 9.74. The number of rotatable bonds is 3. The number of carbonyl (C=O) groups is 1. The molecule has 1 aliphatic rings. The molecule has 0 aromatic heterocycles. The molecule has 1 fully saturated rings. The summed E-state index contributed by atoms with van der Waals surface area (Å²) < 4.78 is 32.1. The van der Waals surface area contributed by atoms with Gasteiger partial charge in [0.1, 0.15) is 5.82 Å². The molecule has 1 aromatic carbocycles. The van der Waals surface area contributed by atoms with E-state index in [2.05, 4.69) is 5.32 Å². The van der Waals surface area contributed by atoms with E-state index in [1.807, 2.05) is 0 Å². The van der Waals surface area contributed by atoms with Crippen LogP contribution in [0.5, 0.6) is 5.75 Å². The lowest BCUT2D eigenvalue weighted by atomic mass is 9.98. The van der Waals surface area contributed by atoms with Gasteiger partial charge in [-0.15, -0.1) is 0 Å². The van der Waals surface area contributed by atoms with Crippen molar-refractivity contribution < 1.29 is 23.4 Å². The van der Waals surface area contributed by atoms with Crippen molar-refractivity contribution in [1.29, 1.82) is 0 Å². The minimum absolute atomic E-state index is 0.0567. The standard InChI is InChI=1S/C12H13F2NO3/c1-18-11-8(14)3-2-7(13)10(11)9-4-6(5-15-9)12(16)17/h2-3,6,9,15H,4-5H2,1H3,(H,16,17). The van der Waals surface area contributed by atoms with Gasteiger partial charge < -0.3 is 15.2 Å². The lowest BCUT2D eigenvalue weighted by Crippen LogP contribution is -2.18. The molecule has 6 heteroatoms. The SMILES string of the molecule is COc1c(F)ccc(F)c1C1CC(C(=O)O)CN1. The Morgan fingerprint density at radius 3 is 2.67 bits per heavy atom. The van der Waals surface area contributed by atoms with Gasteiger partial charge in [-0.2, -0.15) is 0 Å². The summed E-state index contributed by atoms with van der Waals surface area (Å²) in [5.41, 5.74) is 0.0567. The molecule has 0 radical (unpaired) electrons. The Bertz CT molecular complexity index is 479. The fraction of sp³-hybridized carbons (Fsp3) is 0.417. The number of hydrogen-bond donors (Lipinski definition) is 2. The van der Waals surface area contributed by atoms with E-state index in [9.17, 15) is 13.6 Å². The van der Waals surface area contributed by atoms with Gasteiger partial charge in [0, 0.05) is 18.2 Å². The summed E-state index contributed by atoms with van der Waals surface area (Å²) in [6.45, 7) is 0.235. The minimum Gasteiger partial charge on any atom is -0.493 e. The van der Waals surface area contributed by atoms with E-state index in [0.29, 0.717) is 0 Å². The Balaban J connectivity index is 2.34. The molecule has 2 unspecified atom stereocenters. The highest BCUT2D eigenvalue weighted by Gasteiger charge is 2.34. The third kappa shape index (κ3) is 2.15. The van der Waals surface area contributed by atoms with Crippen LogP contribution in [-0.2, 0) is 4.79 Å². The number of halogens is 2. The van der Waals surface area contributed by atoms with Gasteiger partial charge >= 0.3 is 5.97 Å². The summed E-state index contributed by atoms with van der Waals surface area (Å²) >= 11 is 0. The van der Waals surface area contributed by atoms with E-state index in [0.717, 1.165) is 12.1 Å². The van der Waals surface area contributed by atoms with Crippen molar-refractivity contribution >= 4 is 5.97 Å². The van der Waals surface area contributed by atoms with Crippen LogP contribution in [0.2, 0.25) is 0 Å². The first-order chi connectivity index (χ1) is 8.54. The van der Waals surface area contributed by atoms with Crippen LogP contribution in [0.4, 0.5) is 8.78 Å². The van der Waals surface area contributed by atoms with Crippen LogP contribution in [0.15, 0.2) is 12.1 Å². The molecule has 0 saturated carbocycles. The molecule has 0 aliphatic carbocycles. The van der Waals surface area contributed by atoms with Gasteiger partial charge in [-0.3, -0.25) is 4.79 Å². The summed E-state index contributed by atoms with van der Waals surface area (Å²) in [4.78, 5) is 10.8. The second-order valence-electron chi connectivity index (χ2n) is 4.21. The van der Waals surface area contributed by atoms with Crippen molar-refractivity contribution in [2.75, 3.05) is 13.7 Å². The van der Waals surface area contributed by atoms with Gasteiger partial charge in [0.25, 0.3) is 0 Å². The predicted molar refractivity (Wildman–Crippen MR) is 59.4 cm³/mol. The van der Waals surface area contributed by atoms with Crippen LogP contribution in [-0.4, -0.2) is 24.7 Å². The van der Waals surface area contributed by atoms with Crippen LogP contribution >= 0.6 is 0 Å². The highest BCUT2D eigenvalue weighted by atomic mass is 19.1. The zero-order chi connectivity index (χ0) is 13.3. The maximum atomic E-state index is 13.8. The van der Waals surface area contributed by atoms with E-state index in [-0.39, 0.29) is 24.3 Å². The van der Waals surface area contributed by atoms with E-state index >= 15 is 0 Å². The van der Waals surface area contributed by atoms with Crippen LogP contribution in [0, 0.1) is 17.6 Å².